The number of benzene rings is 1. The van der Waals surface area contributed by atoms with Crippen molar-refractivity contribution >= 4 is 16.9 Å². The molecule has 0 saturated carbocycles. The Hall–Kier alpha value is -1.77. The molecule has 1 N–H and O–H groups in total. The normalized spacial score (nSPS) is 10.4. The van der Waals surface area contributed by atoms with Crippen LogP contribution >= 0.6 is 0 Å². The number of H-pyrrole nitrogens is 1. The van der Waals surface area contributed by atoms with E-state index in [0.29, 0.717) is 12.3 Å². The van der Waals surface area contributed by atoms with Gasteiger partial charge in [0.05, 0.1) is 6.61 Å². The van der Waals surface area contributed by atoms with Crippen molar-refractivity contribution in [2.24, 2.45) is 0 Å². The number of aromatic amines is 1. The van der Waals surface area contributed by atoms with E-state index in [-0.39, 0.29) is 5.97 Å². The summed E-state index contributed by atoms with van der Waals surface area (Å²) in [4.78, 5) is 14.3. The van der Waals surface area contributed by atoms with Crippen molar-refractivity contribution < 1.29 is 9.53 Å². The maximum Gasteiger partial charge on any atom is 0.354 e. The second-order valence-corrected chi connectivity index (χ2v) is 2.92. The number of rotatable bonds is 2. The predicted molar refractivity (Wildman–Crippen MR) is 53.1 cm³/mol. The third kappa shape index (κ3) is 1.48. The molecule has 71 valence electrons. The number of ether oxygens (including phenoxy) is 1. The van der Waals surface area contributed by atoms with E-state index in [9.17, 15) is 4.79 Å². The Kier molecular flexibility index (Phi) is 2.23. The lowest BCUT2D eigenvalue weighted by Gasteiger charge is -1.96. The molecule has 0 bridgehead atoms. The van der Waals surface area contributed by atoms with Crippen LogP contribution in [0.15, 0.2) is 24.3 Å². The monoisotopic (exact) mass is 188 g/mol. The molecule has 14 heavy (non-hydrogen) atoms. The minimum Gasteiger partial charge on any atom is -0.461 e. The van der Waals surface area contributed by atoms with E-state index < -0.39 is 0 Å². The first-order valence-electron chi connectivity index (χ1n) is 4.47. The Balaban J connectivity index is 2.40. The number of aromatic nitrogens is 1. The van der Waals surface area contributed by atoms with Crippen LogP contribution in [-0.4, -0.2) is 17.6 Å². The molecule has 0 fully saturated rings. The molecule has 0 aliphatic carbocycles. The molecular formula is C11H10NO2. The summed E-state index contributed by atoms with van der Waals surface area (Å²) in [6, 6.07) is 10.2. The van der Waals surface area contributed by atoms with Crippen LogP contribution in [0.3, 0.4) is 0 Å². The van der Waals surface area contributed by atoms with E-state index >= 15 is 0 Å². The molecule has 1 heterocycles. The summed E-state index contributed by atoms with van der Waals surface area (Å²) in [5, 5.41) is 0.968. The van der Waals surface area contributed by atoms with Crippen LogP contribution in [0, 0.1) is 6.07 Å². The summed E-state index contributed by atoms with van der Waals surface area (Å²) >= 11 is 0. The Morgan fingerprint density at radius 1 is 1.64 bits per heavy atom. The summed E-state index contributed by atoms with van der Waals surface area (Å²) < 4.78 is 4.88. The molecule has 2 aromatic rings. The molecule has 3 heteroatoms. The van der Waals surface area contributed by atoms with Crippen LogP contribution in [0.2, 0.25) is 0 Å². The van der Waals surface area contributed by atoms with Crippen LogP contribution < -0.4 is 0 Å². The van der Waals surface area contributed by atoms with Gasteiger partial charge in [-0.25, -0.2) is 4.79 Å². The molecule has 0 spiro atoms. The van der Waals surface area contributed by atoms with Gasteiger partial charge in [-0.3, -0.25) is 0 Å². The van der Waals surface area contributed by atoms with E-state index in [1.807, 2.05) is 12.1 Å². The van der Waals surface area contributed by atoms with Gasteiger partial charge in [-0.15, -0.1) is 0 Å². The average Bonchev–Trinajstić information content (AvgIpc) is 2.61. The molecule has 1 aromatic carbocycles. The third-order valence-corrected chi connectivity index (χ3v) is 1.96. The zero-order valence-electron chi connectivity index (χ0n) is 7.83. The molecule has 0 unspecified atom stereocenters. The van der Waals surface area contributed by atoms with Gasteiger partial charge in [0, 0.05) is 10.9 Å². The largest absolute Gasteiger partial charge is 0.461 e. The van der Waals surface area contributed by atoms with E-state index in [0.717, 1.165) is 10.9 Å². The van der Waals surface area contributed by atoms with Gasteiger partial charge in [-0.1, -0.05) is 6.07 Å². The van der Waals surface area contributed by atoms with Crippen LogP contribution in [0.1, 0.15) is 17.4 Å². The zero-order chi connectivity index (χ0) is 9.97. The lowest BCUT2D eigenvalue weighted by Crippen LogP contribution is -2.04. The number of fused-ring (bicyclic) bond motifs is 1. The van der Waals surface area contributed by atoms with Crippen molar-refractivity contribution in [3.8, 4) is 0 Å². The van der Waals surface area contributed by atoms with Crippen molar-refractivity contribution in [1.29, 1.82) is 0 Å². The van der Waals surface area contributed by atoms with E-state index in [4.69, 9.17) is 4.74 Å². The fraction of sp³-hybridized carbons (Fsp3) is 0.182. The number of esters is 1. The van der Waals surface area contributed by atoms with Crippen molar-refractivity contribution in [1.82, 2.24) is 4.98 Å². The highest BCUT2D eigenvalue weighted by Gasteiger charge is 2.08. The highest BCUT2D eigenvalue weighted by atomic mass is 16.5. The third-order valence-electron chi connectivity index (χ3n) is 1.96. The Labute approximate surface area is 81.7 Å². The van der Waals surface area contributed by atoms with Crippen molar-refractivity contribution in [2.75, 3.05) is 6.61 Å². The Bertz CT molecular complexity index is 426. The molecule has 0 aliphatic heterocycles. The second-order valence-electron chi connectivity index (χ2n) is 2.92. The highest BCUT2D eigenvalue weighted by molar-refractivity contribution is 5.94. The number of hydrogen-bond acceptors (Lipinski definition) is 2. The molecule has 1 aromatic heterocycles. The molecule has 0 atom stereocenters. The molecule has 0 aliphatic rings. The lowest BCUT2D eigenvalue weighted by atomic mass is 10.2. The number of nitrogens with one attached hydrogen (secondary N) is 1. The van der Waals surface area contributed by atoms with Gasteiger partial charge in [0.2, 0.25) is 0 Å². The summed E-state index contributed by atoms with van der Waals surface area (Å²) in [6.07, 6.45) is 0. The highest BCUT2D eigenvalue weighted by Crippen LogP contribution is 2.14. The first-order chi connectivity index (χ1) is 6.81. The van der Waals surface area contributed by atoms with Gasteiger partial charge >= 0.3 is 5.97 Å². The van der Waals surface area contributed by atoms with Gasteiger partial charge in [-0.2, -0.15) is 0 Å². The quantitative estimate of drug-likeness (QED) is 0.733. The minimum atomic E-state index is -0.316. The van der Waals surface area contributed by atoms with Crippen LogP contribution in [-0.2, 0) is 4.74 Å². The fourth-order valence-corrected chi connectivity index (χ4v) is 1.33. The SMILES string of the molecule is CCOC(=O)c1cc2c[c]ccc2[nH]1. The molecule has 0 amide bonds. The topological polar surface area (TPSA) is 42.1 Å². The summed E-state index contributed by atoms with van der Waals surface area (Å²) in [5.41, 5.74) is 1.41. The van der Waals surface area contributed by atoms with Gasteiger partial charge in [-0.05, 0) is 31.2 Å². The maximum absolute atomic E-state index is 11.4. The zero-order valence-corrected chi connectivity index (χ0v) is 7.83. The molecule has 3 nitrogen and oxygen atoms in total. The van der Waals surface area contributed by atoms with Crippen molar-refractivity contribution in [2.45, 2.75) is 6.92 Å². The Morgan fingerprint density at radius 3 is 3.21 bits per heavy atom. The molecule has 0 saturated heterocycles. The average molecular weight is 188 g/mol. The first-order valence-corrected chi connectivity index (χ1v) is 4.47. The van der Waals surface area contributed by atoms with E-state index in [2.05, 4.69) is 11.1 Å². The summed E-state index contributed by atoms with van der Waals surface area (Å²) in [6.45, 7) is 2.18. The van der Waals surface area contributed by atoms with Gasteiger partial charge in [0.25, 0.3) is 0 Å². The summed E-state index contributed by atoms with van der Waals surface area (Å²) in [7, 11) is 0. The van der Waals surface area contributed by atoms with Crippen LogP contribution in [0.5, 0.6) is 0 Å². The fourth-order valence-electron chi connectivity index (χ4n) is 1.33. The standard InChI is InChI=1S/C11H10NO2/c1-2-14-11(13)10-7-8-5-3-4-6-9(8)12-10/h4-7,12H,2H2,1H3. The van der Waals surface area contributed by atoms with Crippen molar-refractivity contribution in [3.63, 3.8) is 0 Å². The van der Waals surface area contributed by atoms with Gasteiger partial charge in [0.15, 0.2) is 0 Å². The van der Waals surface area contributed by atoms with Gasteiger partial charge in [0.1, 0.15) is 5.69 Å². The first kappa shape index (κ1) is 8.81. The number of carbonyl (C=O) groups is 1. The van der Waals surface area contributed by atoms with Crippen LogP contribution in [0.25, 0.3) is 10.9 Å². The molecule has 1 radical (unpaired) electrons. The number of hydrogen-bond donors (Lipinski definition) is 1. The van der Waals surface area contributed by atoms with Gasteiger partial charge < -0.3 is 9.72 Å². The predicted octanol–water partition coefficient (Wildman–Crippen LogP) is 2.14. The second kappa shape index (κ2) is 3.54. The smallest absolute Gasteiger partial charge is 0.354 e. The molecular weight excluding hydrogens is 178 g/mol. The Morgan fingerprint density at radius 2 is 2.50 bits per heavy atom. The summed E-state index contributed by atoms with van der Waals surface area (Å²) in [5.74, 6) is -0.316. The van der Waals surface area contributed by atoms with Crippen molar-refractivity contribution in [3.05, 3.63) is 36.0 Å². The molecule has 2 rings (SSSR count). The van der Waals surface area contributed by atoms with E-state index in [1.165, 1.54) is 0 Å². The van der Waals surface area contributed by atoms with E-state index in [1.54, 1.807) is 19.1 Å². The maximum atomic E-state index is 11.4. The number of carbonyl (C=O) groups excluding carboxylic acids is 1. The minimum absolute atomic E-state index is 0.316. The lowest BCUT2D eigenvalue weighted by molar-refractivity contribution is 0.0520. The van der Waals surface area contributed by atoms with Crippen LogP contribution in [0.4, 0.5) is 0 Å².